The van der Waals surface area contributed by atoms with Crippen LogP contribution in [0.2, 0.25) is 0 Å². The molecule has 1 aliphatic heterocycles. The van der Waals surface area contributed by atoms with Gasteiger partial charge in [0.2, 0.25) is 11.8 Å². The second kappa shape index (κ2) is 9.86. The number of amides is 1. The standard InChI is InChI=1S/C24H25N7O3/c1-33-18-9-5-8-17(14-18)23-29-28-21-10-11-22(30-31(21)23)34-13-12-25-24(32)20-15-19(26-27-20)16-6-3-2-4-7-16/h2-11,14,19-20,26-27H,12-13,15H2,1H3,(H,25,32). The molecule has 34 heavy (non-hydrogen) atoms. The largest absolute Gasteiger partial charge is 0.497 e. The van der Waals surface area contributed by atoms with Crippen LogP contribution >= 0.6 is 0 Å². The average molecular weight is 460 g/mol. The quantitative estimate of drug-likeness (QED) is 0.342. The van der Waals surface area contributed by atoms with Crippen molar-refractivity contribution in [2.45, 2.75) is 18.5 Å². The molecule has 1 aliphatic rings. The number of fused-ring (bicyclic) bond motifs is 1. The highest BCUT2D eigenvalue weighted by Crippen LogP contribution is 2.23. The van der Waals surface area contributed by atoms with Gasteiger partial charge in [-0.25, -0.2) is 10.9 Å². The van der Waals surface area contributed by atoms with Gasteiger partial charge in [0.1, 0.15) is 18.4 Å². The van der Waals surface area contributed by atoms with Crippen molar-refractivity contribution in [2.75, 3.05) is 20.3 Å². The van der Waals surface area contributed by atoms with Gasteiger partial charge >= 0.3 is 0 Å². The first-order valence-corrected chi connectivity index (χ1v) is 11.0. The van der Waals surface area contributed by atoms with E-state index in [4.69, 9.17) is 9.47 Å². The molecule has 0 aliphatic carbocycles. The number of nitrogens with zero attached hydrogens (tertiary/aromatic N) is 4. The first-order chi connectivity index (χ1) is 16.7. The predicted molar refractivity (Wildman–Crippen MR) is 125 cm³/mol. The summed E-state index contributed by atoms with van der Waals surface area (Å²) in [5.41, 5.74) is 8.84. The van der Waals surface area contributed by atoms with Gasteiger partial charge in [0.15, 0.2) is 11.5 Å². The molecule has 0 saturated carbocycles. The summed E-state index contributed by atoms with van der Waals surface area (Å²) in [5.74, 6) is 1.65. The molecule has 0 spiro atoms. The minimum Gasteiger partial charge on any atom is -0.497 e. The number of hydrogen-bond donors (Lipinski definition) is 3. The van der Waals surface area contributed by atoms with Crippen LogP contribution in [0, 0.1) is 0 Å². The minimum absolute atomic E-state index is 0.0722. The van der Waals surface area contributed by atoms with Crippen molar-refractivity contribution in [1.82, 2.24) is 36.0 Å². The molecule has 174 valence electrons. The van der Waals surface area contributed by atoms with Crippen molar-refractivity contribution < 1.29 is 14.3 Å². The van der Waals surface area contributed by atoms with Gasteiger partial charge in [0.25, 0.3) is 0 Å². The topological polar surface area (TPSA) is 115 Å². The summed E-state index contributed by atoms with van der Waals surface area (Å²) in [4.78, 5) is 12.5. The molecule has 2 aromatic heterocycles. The highest BCUT2D eigenvalue weighted by molar-refractivity contribution is 5.82. The molecule has 2 unspecified atom stereocenters. The van der Waals surface area contributed by atoms with Crippen molar-refractivity contribution in [3.05, 3.63) is 72.3 Å². The summed E-state index contributed by atoms with van der Waals surface area (Å²) in [6.07, 6.45) is 0.676. The molecule has 1 amide bonds. The summed E-state index contributed by atoms with van der Waals surface area (Å²) in [5, 5.41) is 15.8. The number of nitrogens with one attached hydrogen (secondary N) is 3. The van der Waals surface area contributed by atoms with Gasteiger partial charge in [-0.05, 0) is 30.2 Å². The summed E-state index contributed by atoms with van der Waals surface area (Å²) in [6, 6.07) is 20.9. The first-order valence-electron chi connectivity index (χ1n) is 11.0. The van der Waals surface area contributed by atoms with E-state index in [1.807, 2.05) is 54.6 Å². The Bertz CT molecular complexity index is 1280. The van der Waals surface area contributed by atoms with E-state index < -0.39 is 0 Å². The smallest absolute Gasteiger partial charge is 0.238 e. The first kappa shape index (κ1) is 21.8. The molecule has 1 saturated heterocycles. The van der Waals surface area contributed by atoms with Gasteiger partial charge in [-0.2, -0.15) is 4.52 Å². The lowest BCUT2D eigenvalue weighted by atomic mass is 10.0. The maximum atomic E-state index is 12.5. The van der Waals surface area contributed by atoms with Gasteiger partial charge in [-0.1, -0.05) is 42.5 Å². The zero-order valence-electron chi connectivity index (χ0n) is 18.6. The van der Waals surface area contributed by atoms with Crippen LogP contribution in [-0.2, 0) is 4.79 Å². The maximum Gasteiger partial charge on any atom is 0.238 e. The van der Waals surface area contributed by atoms with E-state index in [2.05, 4.69) is 31.5 Å². The monoisotopic (exact) mass is 459 g/mol. The van der Waals surface area contributed by atoms with Crippen molar-refractivity contribution in [3.8, 4) is 23.0 Å². The number of benzene rings is 2. The van der Waals surface area contributed by atoms with Crippen LogP contribution in [0.25, 0.3) is 17.0 Å². The van der Waals surface area contributed by atoms with Gasteiger partial charge in [0, 0.05) is 17.7 Å². The van der Waals surface area contributed by atoms with E-state index >= 15 is 0 Å². The second-order valence-electron chi connectivity index (χ2n) is 7.88. The Hall–Kier alpha value is -4.02. The number of carbonyl (C=O) groups is 1. The van der Waals surface area contributed by atoms with Crippen LogP contribution in [0.4, 0.5) is 0 Å². The molecular formula is C24H25N7O3. The number of methoxy groups -OCH3 is 1. The number of rotatable bonds is 8. The third-order valence-corrected chi connectivity index (χ3v) is 5.64. The van der Waals surface area contributed by atoms with E-state index in [-0.39, 0.29) is 24.6 Å². The van der Waals surface area contributed by atoms with E-state index in [1.165, 1.54) is 0 Å². The lowest BCUT2D eigenvalue weighted by Gasteiger charge is -2.11. The molecule has 2 aromatic carbocycles. The number of hydrogen-bond acceptors (Lipinski definition) is 8. The number of ether oxygens (including phenoxy) is 2. The summed E-state index contributed by atoms with van der Waals surface area (Å²) < 4.78 is 12.7. The molecule has 2 atom stereocenters. The zero-order chi connectivity index (χ0) is 23.3. The molecule has 5 rings (SSSR count). The Morgan fingerprint density at radius 1 is 1.09 bits per heavy atom. The fourth-order valence-electron chi connectivity index (χ4n) is 3.88. The Kier molecular flexibility index (Phi) is 6.32. The predicted octanol–water partition coefficient (Wildman–Crippen LogP) is 1.90. The van der Waals surface area contributed by atoms with Crippen LogP contribution < -0.4 is 25.6 Å². The number of aromatic nitrogens is 4. The van der Waals surface area contributed by atoms with Crippen LogP contribution in [0.15, 0.2) is 66.7 Å². The number of carbonyl (C=O) groups excluding carboxylic acids is 1. The van der Waals surface area contributed by atoms with Gasteiger partial charge in [0.05, 0.1) is 13.7 Å². The van der Waals surface area contributed by atoms with Crippen molar-refractivity contribution in [3.63, 3.8) is 0 Å². The van der Waals surface area contributed by atoms with E-state index in [0.717, 1.165) is 16.9 Å². The molecule has 1 fully saturated rings. The van der Waals surface area contributed by atoms with Gasteiger partial charge in [-0.15, -0.1) is 15.3 Å². The Labute approximate surface area is 196 Å². The highest BCUT2D eigenvalue weighted by atomic mass is 16.5. The fourth-order valence-corrected chi connectivity index (χ4v) is 3.88. The third kappa shape index (κ3) is 4.68. The van der Waals surface area contributed by atoms with E-state index in [0.29, 0.717) is 30.3 Å². The Morgan fingerprint density at radius 2 is 1.97 bits per heavy atom. The molecule has 0 bridgehead atoms. The fraction of sp³-hybridized carbons (Fsp3) is 0.250. The number of hydrazine groups is 1. The summed E-state index contributed by atoms with van der Waals surface area (Å²) in [7, 11) is 1.62. The van der Waals surface area contributed by atoms with E-state index in [1.54, 1.807) is 23.8 Å². The Balaban J connectivity index is 1.15. The van der Waals surface area contributed by atoms with Crippen LogP contribution in [0.5, 0.6) is 11.6 Å². The second-order valence-corrected chi connectivity index (χ2v) is 7.88. The van der Waals surface area contributed by atoms with Crippen molar-refractivity contribution in [1.29, 1.82) is 0 Å². The summed E-state index contributed by atoms with van der Waals surface area (Å²) >= 11 is 0. The normalized spacial score (nSPS) is 17.6. The van der Waals surface area contributed by atoms with Crippen molar-refractivity contribution in [2.24, 2.45) is 0 Å². The summed E-state index contributed by atoms with van der Waals surface area (Å²) in [6.45, 7) is 0.640. The van der Waals surface area contributed by atoms with Crippen LogP contribution in [-0.4, -0.2) is 52.0 Å². The molecule has 4 aromatic rings. The minimum atomic E-state index is -0.304. The molecule has 0 radical (unpaired) electrons. The average Bonchev–Trinajstić information content (AvgIpc) is 3.55. The molecule has 10 nitrogen and oxygen atoms in total. The molecule has 3 heterocycles. The molecule has 3 N–H and O–H groups in total. The third-order valence-electron chi connectivity index (χ3n) is 5.64. The highest BCUT2D eigenvalue weighted by Gasteiger charge is 2.29. The van der Waals surface area contributed by atoms with Crippen molar-refractivity contribution >= 4 is 11.6 Å². The van der Waals surface area contributed by atoms with Crippen LogP contribution in [0.3, 0.4) is 0 Å². The maximum absolute atomic E-state index is 12.5. The Morgan fingerprint density at radius 3 is 2.82 bits per heavy atom. The van der Waals surface area contributed by atoms with Gasteiger partial charge in [-0.3, -0.25) is 4.79 Å². The molecular weight excluding hydrogens is 434 g/mol. The van der Waals surface area contributed by atoms with Crippen LogP contribution in [0.1, 0.15) is 18.0 Å². The molecule has 10 heteroatoms. The zero-order valence-corrected chi connectivity index (χ0v) is 18.6. The SMILES string of the molecule is COc1cccc(-c2nnc3ccc(OCCNC(=O)C4CC(c5ccccc5)NN4)nn23)c1. The lowest BCUT2D eigenvalue weighted by molar-refractivity contribution is -0.123. The van der Waals surface area contributed by atoms with E-state index in [9.17, 15) is 4.79 Å². The van der Waals surface area contributed by atoms with Gasteiger partial charge < -0.3 is 14.8 Å². The lowest BCUT2D eigenvalue weighted by Crippen LogP contribution is -2.44.